The maximum atomic E-state index is 12.4. The fourth-order valence-electron chi connectivity index (χ4n) is 3.81. The van der Waals surface area contributed by atoms with Crippen LogP contribution < -0.4 is 10.1 Å². The standard InChI is InChI=1S/C24H29ClN4O3/c1-2-3-10-29-21-9-8-18(26-24(30)17-32-22-7-5-4-6-19(22)25)15-20(21)27-23(29)16-28-11-13-31-14-12-28/h4-9,15H,2-3,10-14,16-17H2,1H3,(H,26,30). The summed E-state index contributed by atoms with van der Waals surface area (Å²) in [6, 6.07) is 13.0. The van der Waals surface area contributed by atoms with Crippen LogP contribution in [0.2, 0.25) is 5.02 Å². The molecule has 0 bridgehead atoms. The Labute approximate surface area is 193 Å². The van der Waals surface area contributed by atoms with Crippen LogP contribution in [0.25, 0.3) is 11.0 Å². The van der Waals surface area contributed by atoms with Gasteiger partial charge in [-0.15, -0.1) is 0 Å². The van der Waals surface area contributed by atoms with Crippen molar-refractivity contribution in [3.63, 3.8) is 0 Å². The fraction of sp³-hybridized carbons (Fsp3) is 0.417. The summed E-state index contributed by atoms with van der Waals surface area (Å²) < 4.78 is 13.3. The minimum Gasteiger partial charge on any atom is -0.482 e. The topological polar surface area (TPSA) is 68.6 Å². The van der Waals surface area contributed by atoms with Gasteiger partial charge < -0.3 is 19.4 Å². The highest BCUT2D eigenvalue weighted by molar-refractivity contribution is 6.32. The van der Waals surface area contributed by atoms with E-state index in [4.69, 9.17) is 26.1 Å². The van der Waals surface area contributed by atoms with E-state index in [0.29, 0.717) is 16.5 Å². The lowest BCUT2D eigenvalue weighted by molar-refractivity contribution is -0.118. The molecule has 1 aliphatic heterocycles. The lowest BCUT2D eigenvalue weighted by atomic mass is 10.2. The number of carbonyl (C=O) groups excluding carboxylic acids is 1. The molecule has 2 aromatic carbocycles. The Morgan fingerprint density at radius 2 is 2.03 bits per heavy atom. The number of carbonyl (C=O) groups is 1. The number of nitrogens with one attached hydrogen (secondary N) is 1. The number of benzene rings is 2. The van der Waals surface area contributed by atoms with E-state index >= 15 is 0 Å². The summed E-state index contributed by atoms with van der Waals surface area (Å²) in [6.07, 6.45) is 2.22. The number of hydrogen-bond donors (Lipinski definition) is 1. The predicted molar refractivity (Wildman–Crippen MR) is 126 cm³/mol. The number of imidazole rings is 1. The molecule has 32 heavy (non-hydrogen) atoms. The van der Waals surface area contributed by atoms with E-state index in [0.717, 1.165) is 69.1 Å². The van der Waals surface area contributed by atoms with E-state index in [2.05, 4.69) is 21.7 Å². The smallest absolute Gasteiger partial charge is 0.262 e. The van der Waals surface area contributed by atoms with Gasteiger partial charge in [-0.05, 0) is 36.8 Å². The van der Waals surface area contributed by atoms with Gasteiger partial charge in [0.25, 0.3) is 5.91 Å². The minimum atomic E-state index is -0.247. The average molecular weight is 457 g/mol. The van der Waals surface area contributed by atoms with Crippen molar-refractivity contribution >= 4 is 34.2 Å². The van der Waals surface area contributed by atoms with E-state index in [9.17, 15) is 4.79 Å². The van der Waals surface area contributed by atoms with Gasteiger partial charge in [-0.3, -0.25) is 9.69 Å². The molecule has 0 spiro atoms. The summed E-state index contributed by atoms with van der Waals surface area (Å²) >= 11 is 6.08. The van der Waals surface area contributed by atoms with Crippen LogP contribution in [-0.2, 0) is 22.6 Å². The molecule has 0 atom stereocenters. The van der Waals surface area contributed by atoms with Crippen LogP contribution in [0, 0.1) is 0 Å². The number of amides is 1. The lowest BCUT2D eigenvalue weighted by Crippen LogP contribution is -2.36. The molecule has 0 saturated carbocycles. The van der Waals surface area contributed by atoms with Crippen LogP contribution in [0.5, 0.6) is 5.75 Å². The number of rotatable bonds is 9. The van der Waals surface area contributed by atoms with Gasteiger partial charge >= 0.3 is 0 Å². The predicted octanol–water partition coefficient (Wildman–Crippen LogP) is 4.34. The third-order valence-electron chi connectivity index (χ3n) is 5.51. The van der Waals surface area contributed by atoms with Gasteiger partial charge in [0.2, 0.25) is 0 Å². The van der Waals surface area contributed by atoms with Crippen molar-refractivity contribution < 1.29 is 14.3 Å². The second kappa shape index (κ2) is 10.8. The largest absolute Gasteiger partial charge is 0.482 e. The third-order valence-corrected chi connectivity index (χ3v) is 5.82. The van der Waals surface area contributed by atoms with Crippen molar-refractivity contribution in [3.05, 3.63) is 53.3 Å². The number of morpholine rings is 1. The SMILES string of the molecule is CCCCn1c(CN2CCOCC2)nc2cc(NC(=O)COc3ccccc3Cl)ccc21. The molecule has 1 amide bonds. The first-order valence-electron chi connectivity index (χ1n) is 11.1. The highest BCUT2D eigenvalue weighted by Gasteiger charge is 2.17. The number of anilines is 1. The number of fused-ring (bicyclic) bond motifs is 1. The van der Waals surface area contributed by atoms with E-state index in [1.54, 1.807) is 12.1 Å². The summed E-state index contributed by atoms with van der Waals surface area (Å²) in [5, 5.41) is 3.37. The molecular weight excluding hydrogens is 428 g/mol. The molecule has 8 heteroatoms. The molecular formula is C24H29ClN4O3. The molecule has 1 aromatic heterocycles. The first kappa shape index (κ1) is 22.6. The molecule has 0 aliphatic carbocycles. The number of aryl methyl sites for hydroxylation is 1. The number of nitrogens with zero attached hydrogens (tertiary/aromatic N) is 3. The summed E-state index contributed by atoms with van der Waals surface area (Å²) in [5.41, 5.74) is 2.67. The quantitative estimate of drug-likeness (QED) is 0.518. The molecule has 0 unspecified atom stereocenters. The first-order chi connectivity index (χ1) is 15.6. The monoisotopic (exact) mass is 456 g/mol. The molecule has 1 fully saturated rings. The van der Waals surface area contributed by atoms with Gasteiger partial charge in [-0.25, -0.2) is 4.98 Å². The zero-order chi connectivity index (χ0) is 22.3. The second-order valence-corrected chi connectivity index (χ2v) is 8.30. The maximum absolute atomic E-state index is 12.4. The Morgan fingerprint density at radius 3 is 2.81 bits per heavy atom. The zero-order valence-electron chi connectivity index (χ0n) is 18.3. The van der Waals surface area contributed by atoms with E-state index in [1.807, 2.05) is 30.3 Å². The first-order valence-corrected chi connectivity index (χ1v) is 11.5. The van der Waals surface area contributed by atoms with Gasteiger partial charge in [0.15, 0.2) is 6.61 Å². The Balaban J connectivity index is 1.47. The molecule has 170 valence electrons. The van der Waals surface area contributed by atoms with E-state index in [-0.39, 0.29) is 12.5 Å². The molecule has 1 saturated heterocycles. The molecule has 4 rings (SSSR count). The zero-order valence-corrected chi connectivity index (χ0v) is 19.1. The van der Waals surface area contributed by atoms with Crippen LogP contribution in [0.15, 0.2) is 42.5 Å². The van der Waals surface area contributed by atoms with E-state index in [1.165, 1.54) is 0 Å². The van der Waals surface area contributed by atoms with E-state index < -0.39 is 0 Å². The van der Waals surface area contributed by atoms with Gasteiger partial charge in [-0.1, -0.05) is 37.1 Å². The number of ether oxygens (including phenoxy) is 2. The number of para-hydroxylation sites is 1. The number of aromatic nitrogens is 2. The van der Waals surface area contributed by atoms with Crippen molar-refractivity contribution in [1.29, 1.82) is 0 Å². The minimum absolute atomic E-state index is 0.116. The Bertz CT molecular complexity index is 1060. The van der Waals surface area contributed by atoms with Crippen LogP contribution in [0.4, 0.5) is 5.69 Å². The Kier molecular flexibility index (Phi) is 7.63. The summed E-state index contributed by atoms with van der Waals surface area (Å²) in [4.78, 5) is 19.7. The van der Waals surface area contributed by atoms with Gasteiger partial charge in [0.1, 0.15) is 11.6 Å². The molecule has 7 nitrogen and oxygen atoms in total. The number of halogens is 1. The Hall–Kier alpha value is -2.61. The van der Waals surface area contributed by atoms with Gasteiger partial charge in [-0.2, -0.15) is 0 Å². The van der Waals surface area contributed by atoms with Crippen molar-refractivity contribution in [1.82, 2.24) is 14.5 Å². The molecule has 2 heterocycles. The average Bonchev–Trinajstić information content (AvgIpc) is 3.13. The molecule has 1 aliphatic rings. The van der Waals surface area contributed by atoms with Crippen molar-refractivity contribution in [3.8, 4) is 5.75 Å². The van der Waals surface area contributed by atoms with Crippen LogP contribution in [-0.4, -0.2) is 53.3 Å². The molecule has 1 N–H and O–H groups in total. The summed E-state index contributed by atoms with van der Waals surface area (Å²) in [5.74, 6) is 1.30. The van der Waals surface area contributed by atoms with Crippen molar-refractivity contribution in [2.24, 2.45) is 0 Å². The number of hydrogen-bond acceptors (Lipinski definition) is 5. The number of unbranched alkanes of at least 4 members (excludes halogenated alkanes) is 1. The summed E-state index contributed by atoms with van der Waals surface area (Å²) in [7, 11) is 0. The van der Waals surface area contributed by atoms with Gasteiger partial charge in [0.05, 0.1) is 35.8 Å². The lowest BCUT2D eigenvalue weighted by Gasteiger charge is -2.26. The van der Waals surface area contributed by atoms with Crippen molar-refractivity contribution in [2.45, 2.75) is 32.9 Å². The second-order valence-electron chi connectivity index (χ2n) is 7.89. The van der Waals surface area contributed by atoms with Crippen LogP contribution >= 0.6 is 11.6 Å². The highest BCUT2D eigenvalue weighted by atomic mass is 35.5. The molecule has 3 aromatic rings. The third kappa shape index (κ3) is 5.59. The normalized spacial score (nSPS) is 14.6. The highest BCUT2D eigenvalue weighted by Crippen LogP contribution is 2.24. The Morgan fingerprint density at radius 1 is 1.22 bits per heavy atom. The fourth-order valence-corrected chi connectivity index (χ4v) is 4.00. The molecule has 0 radical (unpaired) electrons. The van der Waals surface area contributed by atoms with Crippen LogP contribution in [0.3, 0.4) is 0 Å². The van der Waals surface area contributed by atoms with Crippen LogP contribution in [0.1, 0.15) is 25.6 Å². The van der Waals surface area contributed by atoms with Crippen molar-refractivity contribution in [2.75, 3.05) is 38.2 Å². The summed E-state index contributed by atoms with van der Waals surface area (Å²) in [6.45, 7) is 7.18. The van der Waals surface area contributed by atoms with Gasteiger partial charge in [0, 0.05) is 25.3 Å². The maximum Gasteiger partial charge on any atom is 0.262 e.